The van der Waals surface area contributed by atoms with Gasteiger partial charge >= 0.3 is 12.1 Å². The van der Waals surface area contributed by atoms with Crippen LogP contribution in [0.1, 0.15) is 6.42 Å². The highest BCUT2D eigenvalue weighted by Gasteiger charge is 2.14. The summed E-state index contributed by atoms with van der Waals surface area (Å²) in [6, 6.07) is -1.32. The van der Waals surface area contributed by atoms with Gasteiger partial charge in [0.05, 0.1) is 13.2 Å². The van der Waals surface area contributed by atoms with Gasteiger partial charge in [-0.25, -0.2) is 4.79 Å². The molecular weight excluding hydrogens is 240 g/mol. The molecule has 17 heavy (non-hydrogen) atoms. The second-order valence-corrected chi connectivity index (χ2v) is 2.76. The Hall–Kier alpha value is -2.10. The molecule has 0 aromatic rings. The van der Waals surface area contributed by atoms with Crippen molar-refractivity contribution in [3.63, 3.8) is 0 Å². The maximum Gasteiger partial charge on any atom is 0.508 e. The molecule has 0 heterocycles. The minimum absolute atomic E-state index is 0.112. The van der Waals surface area contributed by atoms with Gasteiger partial charge in [0.25, 0.3) is 5.09 Å². The number of carbonyl (C=O) groups is 2. The number of aliphatic carboxylic acids is 1. The van der Waals surface area contributed by atoms with Gasteiger partial charge in [-0.3, -0.25) is 4.79 Å². The fraction of sp³-hybridized carbons (Fsp3) is 0.714. The van der Waals surface area contributed by atoms with E-state index < -0.39 is 29.9 Å². The van der Waals surface area contributed by atoms with Gasteiger partial charge in [0.2, 0.25) is 0 Å². The lowest BCUT2D eigenvalue weighted by molar-refractivity contribution is -0.757. The molecule has 0 aliphatic rings. The molecule has 0 saturated heterocycles. The van der Waals surface area contributed by atoms with Crippen molar-refractivity contribution in [1.29, 1.82) is 0 Å². The first-order valence-electron chi connectivity index (χ1n) is 4.48. The molecule has 0 spiro atoms. The second-order valence-electron chi connectivity index (χ2n) is 2.76. The van der Waals surface area contributed by atoms with Crippen LogP contribution in [0.15, 0.2) is 0 Å². The van der Waals surface area contributed by atoms with Crippen LogP contribution >= 0.6 is 0 Å². The first kappa shape index (κ1) is 14.9. The molecule has 10 heteroatoms. The summed E-state index contributed by atoms with van der Waals surface area (Å²) in [5, 5.41) is 17.1. The van der Waals surface area contributed by atoms with Crippen molar-refractivity contribution in [2.45, 2.75) is 12.5 Å². The van der Waals surface area contributed by atoms with Crippen LogP contribution in [0.3, 0.4) is 0 Å². The third-order valence-electron chi connectivity index (χ3n) is 1.40. The summed E-state index contributed by atoms with van der Waals surface area (Å²) in [4.78, 5) is 34.7. The quantitative estimate of drug-likeness (QED) is 0.243. The summed E-state index contributed by atoms with van der Waals surface area (Å²) in [6.45, 7) is -0.872. The molecule has 1 unspecified atom stereocenters. The first-order chi connectivity index (χ1) is 7.93. The molecule has 0 saturated carbocycles. The predicted molar refractivity (Wildman–Crippen MR) is 50.5 cm³/mol. The van der Waals surface area contributed by atoms with Crippen LogP contribution in [0.5, 0.6) is 0 Å². The summed E-state index contributed by atoms with van der Waals surface area (Å²) in [5.74, 6) is -1.31. The molecule has 0 aromatic heterocycles. The fourth-order valence-electron chi connectivity index (χ4n) is 0.624. The zero-order valence-electron chi connectivity index (χ0n) is 8.74. The standard InChI is InChI=1S/C7H12N2O8/c8-5(6(10)11)4-16-7(12)15-2-1-3-17-9(13)14/h5H,1-4,8H2,(H,10,11). The van der Waals surface area contributed by atoms with Crippen molar-refractivity contribution in [3.05, 3.63) is 10.1 Å². The van der Waals surface area contributed by atoms with Gasteiger partial charge in [-0.05, 0) is 0 Å². The number of nitrogens with two attached hydrogens (primary N) is 1. The highest BCUT2D eigenvalue weighted by Crippen LogP contribution is 1.91. The molecule has 0 aliphatic carbocycles. The average Bonchev–Trinajstić information content (AvgIpc) is 2.24. The van der Waals surface area contributed by atoms with E-state index in [1.807, 2.05) is 0 Å². The van der Waals surface area contributed by atoms with Gasteiger partial charge in [0.1, 0.15) is 12.6 Å². The predicted octanol–water partition coefficient (Wildman–Crippen LogP) is -0.850. The zero-order valence-corrected chi connectivity index (χ0v) is 8.74. The normalized spacial score (nSPS) is 11.4. The van der Waals surface area contributed by atoms with Crippen molar-refractivity contribution in [1.82, 2.24) is 0 Å². The minimum atomic E-state index is -1.32. The molecule has 3 N–H and O–H groups in total. The lowest BCUT2D eigenvalue weighted by Gasteiger charge is -2.08. The molecule has 98 valence electrons. The summed E-state index contributed by atoms with van der Waals surface area (Å²) in [6.07, 6.45) is -0.982. The highest BCUT2D eigenvalue weighted by atomic mass is 16.9. The van der Waals surface area contributed by atoms with Crippen molar-refractivity contribution >= 4 is 12.1 Å². The molecule has 0 fully saturated rings. The Morgan fingerprint density at radius 2 is 2.00 bits per heavy atom. The Morgan fingerprint density at radius 3 is 2.53 bits per heavy atom. The smallest absolute Gasteiger partial charge is 0.480 e. The van der Waals surface area contributed by atoms with Crippen LogP contribution in [-0.4, -0.2) is 48.2 Å². The van der Waals surface area contributed by atoms with E-state index in [1.165, 1.54) is 0 Å². The number of rotatable bonds is 8. The number of nitrogens with zero attached hydrogens (tertiary/aromatic N) is 1. The third kappa shape index (κ3) is 8.87. The highest BCUT2D eigenvalue weighted by molar-refractivity contribution is 5.73. The van der Waals surface area contributed by atoms with Gasteiger partial charge in [0.15, 0.2) is 0 Å². The third-order valence-corrected chi connectivity index (χ3v) is 1.40. The number of hydrogen-bond acceptors (Lipinski definition) is 8. The Morgan fingerprint density at radius 1 is 1.35 bits per heavy atom. The number of ether oxygens (including phenoxy) is 2. The number of carboxylic acids is 1. The van der Waals surface area contributed by atoms with Gasteiger partial charge in [0, 0.05) is 6.42 Å². The largest absolute Gasteiger partial charge is 0.508 e. The average molecular weight is 252 g/mol. The molecular formula is C7H12N2O8. The molecule has 0 radical (unpaired) electrons. The molecule has 0 rings (SSSR count). The van der Waals surface area contributed by atoms with Crippen molar-refractivity contribution < 1.29 is 34.1 Å². The topological polar surface area (TPSA) is 151 Å². The van der Waals surface area contributed by atoms with Crippen molar-refractivity contribution in [2.75, 3.05) is 19.8 Å². The first-order valence-corrected chi connectivity index (χ1v) is 4.48. The van der Waals surface area contributed by atoms with Crippen molar-refractivity contribution in [2.24, 2.45) is 5.73 Å². The molecule has 0 aromatic carbocycles. The number of hydrogen-bond donors (Lipinski definition) is 2. The van der Waals surface area contributed by atoms with Crippen LogP contribution in [0.2, 0.25) is 0 Å². The fourth-order valence-corrected chi connectivity index (χ4v) is 0.624. The zero-order chi connectivity index (χ0) is 13.3. The van der Waals surface area contributed by atoms with E-state index in [4.69, 9.17) is 10.8 Å². The summed E-state index contributed by atoms with van der Waals surface area (Å²) in [5.41, 5.74) is 5.05. The lowest BCUT2D eigenvalue weighted by atomic mass is 10.3. The number of carbonyl (C=O) groups excluding carboxylic acids is 1. The van der Waals surface area contributed by atoms with Gasteiger partial charge in [-0.2, -0.15) is 0 Å². The van der Waals surface area contributed by atoms with E-state index in [1.54, 1.807) is 0 Å². The van der Waals surface area contributed by atoms with Crippen LogP contribution in [0, 0.1) is 10.1 Å². The second kappa shape index (κ2) is 8.10. The van der Waals surface area contributed by atoms with E-state index >= 15 is 0 Å². The van der Waals surface area contributed by atoms with Crippen molar-refractivity contribution in [3.8, 4) is 0 Å². The van der Waals surface area contributed by atoms with Gasteiger partial charge in [-0.15, -0.1) is 10.1 Å². The molecule has 1 atom stereocenters. The molecule has 10 nitrogen and oxygen atoms in total. The van der Waals surface area contributed by atoms with E-state index in [9.17, 15) is 19.7 Å². The maximum atomic E-state index is 10.8. The summed E-state index contributed by atoms with van der Waals surface area (Å²) < 4.78 is 8.79. The van der Waals surface area contributed by atoms with Gasteiger partial charge < -0.3 is 25.2 Å². The van der Waals surface area contributed by atoms with E-state index in [0.717, 1.165) is 0 Å². The molecule has 0 bridgehead atoms. The van der Waals surface area contributed by atoms with Gasteiger partial charge in [-0.1, -0.05) is 0 Å². The van der Waals surface area contributed by atoms with Crippen LogP contribution in [-0.2, 0) is 19.1 Å². The van der Waals surface area contributed by atoms with Crippen LogP contribution in [0.25, 0.3) is 0 Å². The SMILES string of the molecule is NC(COC(=O)OCCCO[N+](=O)[O-])C(=O)O. The summed E-state index contributed by atoms with van der Waals surface area (Å²) in [7, 11) is 0. The van der Waals surface area contributed by atoms with Crippen LogP contribution in [0.4, 0.5) is 4.79 Å². The summed E-state index contributed by atoms with van der Waals surface area (Å²) >= 11 is 0. The minimum Gasteiger partial charge on any atom is -0.480 e. The van der Waals surface area contributed by atoms with E-state index in [-0.39, 0.29) is 19.6 Å². The Balaban J connectivity index is 3.47. The molecule has 0 aliphatic heterocycles. The van der Waals surface area contributed by atoms with E-state index in [0.29, 0.717) is 0 Å². The Bertz CT molecular complexity index is 281. The van der Waals surface area contributed by atoms with Crippen LogP contribution < -0.4 is 5.73 Å². The number of carboxylic acid groups (broad SMARTS) is 1. The Kier molecular flexibility index (Phi) is 7.10. The Labute approximate surface area is 95.3 Å². The lowest BCUT2D eigenvalue weighted by Crippen LogP contribution is -2.35. The monoisotopic (exact) mass is 252 g/mol. The molecule has 0 amide bonds. The maximum absolute atomic E-state index is 10.8. The van der Waals surface area contributed by atoms with E-state index in [2.05, 4.69) is 14.3 Å².